The van der Waals surface area contributed by atoms with E-state index in [2.05, 4.69) is 5.10 Å². The average Bonchev–Trinajstić information content (AvgIpc) is 2.79. The first kappa shape index (κ1) is 14.3. The Labute approximate surface area is 117 Å². The highest BCUT2D eigenvalue weighted by atomic mass is 35.5. The van der Waals surface area contributed by atoms with Gasteiger partial charge in [0.05, 0.1) is 22.8 Å². The number of hydrogen-bond donors (Lipinski definition) is 0. The molecule has 1 unspecified atom stereocenters. The lowest BCUT2D eigenvalue weighted by Crippen LogP contribution is -2.38. The van der Waals surface area contributed by atoms with Crippen LogP contribution in [0, 0.1) is 6.92 Å². The van der Waals surface area contributed by atoms with E-state index < -0.39 is 9.84 Å². The van der Waals surface area contributed by atoms with E-state index in [0.717, 1.165) is 0 Å². The number of hydrogen-bond acceptors (Lipinski definition) is 4. The zero-order valence-electron chi connectivity index (χ0n) is 11.1. The summed E-state index contributed by atoms with van der Waals surface area (Å²) in [6.07, 6.45) is 0.474. The van der Waals surface area contributed by atoms with Crippen LogP contribution in [-0.4, -0.2) is 53.6 Å². The predicted octanol–water partition coefficient (Wildman–Crippen LogP) is 0.641. The van der Waals surface area contributed by atoms with E-state index in [4.69, 9.17) is 11.6 Å². The van der Waals surface area contributed by atoms with Gasteiger partial charge in [0.15, 0.2) is 9.84 Å². The Morgan fingerprint density at radius 1 is 1.53 bits per heavy atom. The summed E-state index contributed by atoms with van der Waals surface area (Å²) in [4.78, 5) is 13.8. The molecule has 1 amide bonds. The molecular formula is C11H16ClN3O3S. The Kier molecular flexibility index (Phi) is 3.61. The van der Waals surface area contributed by atoms with Crippen LogP contribution in [0.5, 0.6) is 0 Å². The molecule has 19 heavy (non-hydrogen) atoms. The number of aryl methyl sites for hydroxylation is 2. The molecule has 1 aromatic rings. The number of sulfone groups is 1. The maximum absolute atomic E-state index is 12.4. The van der Waals surface area contributed by atoms with Crippen molar-refractivity contribution in [1.82, 2.24) is 14.7 Å². The van der Waals surface area contributed by atoms with Gasteiger partial charge in [-0.3, -0.25) is 9.48 Å². The maximum atomic E-state index is 12.4. The molecule has 1 aromatic heterocycles. The van der Waals surface area contributed by atoms with E-state index in [1.807, 2.05) is 0 Å². The summed E-state index contributed by atoms with van der Waals surface area (Å²) in [7, 11) is 0.248. The minimum Gasteiger partial charge on any atom is -0.338 e. The molecule has 1 saturated heterocycles. The lowest BCUT2D eigenvalue weighted by atomic mass is 10.2. The number of halogens is 1. The van der Waals surface area contributed by atoms with Gasteiger partial charge in [-0.2, -0.15) is 5.10 Å². The highest BCUT2D eigenvalue weighted by Crippen LogP contribution is 2.23. The summed E-state index contributed by atoms with van der Waals surface area (Å²) < 4.78 is 24.4. The zero-order chi connectivity index (χ0) is 14.4. The Balaban J connectivity index is 2.25. The van der Waals surface area contributed by atoms with E-state index in [0.29, 0.717) is 17.7 Å². The van der Waals surface area contributed by atoms with E-state index in [1.165, 1.54) is 9.58 Å². The van der Waals surface area contributed by atoms with Crippen molar-refractivity contribution in [2.24, 2.45) is 7.05 Å². The van der Waals surface area contributed by atoms with Crippen molar-refractivity contribution in [1.29, 1.82) is 0 Å². The summed E-state index contributed by atoms with van der Waals surface area (Å²) in [6, 6.07) is -0.284. The molecule has 0 radical (unpaired) electrons. The molecule has 8 heteroatoms. The van der Waals surface area contributed by atoms with Crippen molar-refractivity contribution in [3.63, 3.8) is 0 Å². The third kappa shape index (κ3) is 2.62. The van der Waals surface area contributed by atoms with Gasteiger partial charge in [-0.25, -0.2) is 8.42 Å². The second-order valence-corrected chi connectivity index (χ2v) is 7.43. The molecular weight excluding hydrogens is 290 g/mol. The minimum absolute atomic E-state index is 0.0200. The van der Waals surface area contributed by atoms with E-state index >= 15 is 0 Å². The minimum atomic E-state index is -3.02. The Morgan fingerprint density at radius 3 is 2.58 bits per heavy atom. The van der Waals surface area contributed by atoms with Gasteiger partial charge in [0.25, 0.3) is 5.91 Å². The normalized spacial score (nSPS) is 21.6. The van der Waals surface area contributed by atoms with Crippen LogP contribution < -0.4 is 0 Å². The van der Waals surface area contributed by atoms with Crippen LogP contribution in [0.25, 0.3) is 0 Å². The van der Waals surface area contributed by atoms with Crippen molar-refractivity contribution >= 4 is 27.3 Å². The molecule has 0 aliphatic carbocycles. The molecule has 106 valence electrons. The quantitative estimate of drug-likeness (QED) is 0.804. The fourth-order valence-corrected chi connectivity index (χ4v) is 4.33. The van der Waals surface area contributed by atoms with E-state index in [9.17, 15) is 13.2 Å². The molecule has 0 N–H and O–H groups in total. The smallest absolute Gasteiger partial charge is 0.258 e. The van der Waals surface area contributed by atoms with Gasteiger partial charge in [-0.1, -0.05) is 11.6 Å². The molecule has 2 heterocycles. The first-order valence-electron chi connectivity index (χ1n) is 5.89. The van der Waals surface area contributed by atoms with Crippen LogP contribution in [0.1, 0.15) is 22.5 Å². The fourth-order valence-electron chi connectivity index (χ4n) is 2.30. The highest BCUT2D eigenvalue weighted by molar-refractivity contribution is 7.91. The van der Waals surface area contributed by atoms with Gasteiger partial charge >= 0.3 is 0 Å². The monoisotopic (exact) mass is 305 g/mol. The molecule has 6 nitrogen and oxygen atoms in total. The number of carbonyl (C=O) groups is 1. The van der Waals surface area contributed by atoms with Crippen LogP contribution in [-0.2, 0) is 16.9 Å². The molecule has 0 saturated carbocycles. The van der Waals surface area contributed by atoms with Gasteiger partial charge < -0.3 is 4.90 Å². The van der Waals surface area contributed by atoms with E-state index in [1.54, 1.807) is 21.0 Å². The lowest BCUT2D eigenvalue weighted by Gasteiger charge is -2.23. The Morgan fingerprint density at radius 2 is 2.16 bits per heavy atom. The summed E-state index contributed by atoms with van der Waals surface area (Å²) in [5.74, 6) is -0.126. The molecule has 0 bridgehead atoms. The molecule has 1 aliphatic heterocycles. The second-order valence-electron chi connectivity index (χ2n) is 4.85. The van der Waals surface area contributed by atoms with E-state index in [-0.39, 0.29) is 28.6 Å². The zero-order valence-corrected chi connectivity index (χ0v) is 12.6. The van der Waals surface area contributed by atoms with Gasteiger partial charge in [-0.05, 0) is 13.3 Å². The average molecular weight is 306 g/mol. The van der Waals surface area contributed by atoms with Crippen molar-refractivity contribution < 1.29 is 13.2 Å². The summed E-state index contributed by atoms with van der Waals surface area (Å²) in [6.45, 7) is 1.71. The van der Waals surface area contributed by atoms with Gasteiger partial charge in [0.2, 0.25) is 0 Å². The largest absolute Gasteiger partial charge is 0.338 e. The molecule has 0 spiro atoms. The summed E-state index contributed by atoms with van der Waals surface area (Å²) >= 11 is 6.05. The van der Waals surface area contributed by atoms with Crippen molar-refractivity contribution in [3.05, 3.63) is 16.4 Å². The third-order valence-electron chi connectivity index (χ3n) is 3.44. The predicted molar refractivity (Wildman–Crippen MR) is 72.1 cm³/mol. The van der Waals surface area contributed by atoms with Gasteiger partial charge in [-0.15, -0.1) is 0 Å². The van der Waals surface area contributed by atoms with Gasteiger partial charge in [0, 0.05) is 20.1 Å². The van der Waals surface area contributed by atoms with Crippen LogP contribution in [0.3, 0.4) is 0 Å². The van der Waals surface area contributed by atoms with Crippen LogP contribution >= 0.6 is 11.6 Å². The molecule has 1 atom stereocenters. The number of rotatable bonds is 2. The van der Waals surface area contributed by atoms with Crippen molar-refractivity contribution in [2.45, 2.75) is 19.4 Å². The third-order valence-corrected chi connectivity index (χ3v) is 5.63. The molecule has 2 rings (SSSR count). The van der Waals surface area contributed by atoms with Crippen molar-refractivity contribution in [3.8, 4) is 0 Å². The molecule has 1 fully saturated rings. The van der Waals surface area contributed by atoms with Crippen LogP contribution in [0.15, 0.2) is 0 Å². The topological polar surface area (TPSA) is 72.3 Å². The summed E-state index contributed by atoms with van der Waals surface area (Å²) in [5, 5.41) is 4.36. The standard InChI is InChI=1S/C11H16ClN3O3S/c1-7-9(10(12)15(3)13-7)11(16)14(2)8-4-5-19(17,18)6-8/h8H,4-6H2,1-3H3. The van der Waals surface area contributed by atoms with Crippen LogP contribution in [0.4, 0.5) is 0 Å². The molecule has 0 aromatic carbocycles. The molecule has 1 aliphatic rings. The number of nitrogens with zero attached hydrogens (tertiary/aromatic N) is 3. The van der Waals surface area contributed by atoms with Gasteiger partial charge in [0.1, 0.15) is 5.15 Å². The maximum Gasteiger partial charge on any atom is 0.258 e. The highest BCUT2D eigenvalue weighted by Gasteiger charge is 2.34. The number of carbonyl (C=O) groups excluding carboxylic acids is 1. The Hall–Kier alpha value is -1.08. The first-order valence-corrected chi connectivity index (χ1v) is 8.09. The van der Waals surface area contributed by atoms with Crippen LogP contribution in [0.2, 0.25) is 5.15 Å². The SMILES string of the molecule is Cc1nn(C)c(Cl)c1C(=O)N(C)C1CCS(=O)(=O)C1. The number of amides is 1. The Bertz CT molecular complexity index is 623. The second kappa shape index (κ2) is 4.79. The summed E-state index contributed by atoms with van der Waals surface area (Å²) in [5.41, 5.74) is 0.890. The lowest BCUT2D eigenvalue weighted by molar-refractivity contribution is 0.0747. The van der Waals surface area contributed by atoms with Crippen molar-refractivity contribution in [2.75, 3.05) is 18.6 Å². The fraction of sp³-hybridized carbons (Fsp3) is 0.636. The first-order chi connectivity index (χ1) is 8.73. The number of aromatic nitrogens is 2.